The molecule has 3 N–H and O–H groups in total. The first-order chi connectivity index (χ1) is 9.10. The zero-order chi connectivity index (χ0) is 13.8. The maximum absolute atomic E-state index is 12.0. The Labute approximate surface area is 118 Å². The molecule has 6 heteroatoms. The summed E-state index contributed by atoms with van der Waals surface area (Å²) in [7, 11) is 0. The molecule has 94 valence electrons. The number of nitrogen functional groups attached to an aromatic ring is 1. The molecule has 0 bridgehead atoms. The average Bonchev–Trinajstić information content (AvgIpc) is 2.40. The molecule has 2 aromatic rings. The Kier molecular flexibility index (Phi) is 3.78. The number of nitrogens with one attached hydrogen (secondary N) is 1. The Bertz CT molecular complexity index is 679. The van der Waals surface area contributed by atoms with Gasteiger partial charge >= 0.3 is 0 Å². The predicted molar refractivity (Wildman–Crippen MR) is 75.5 cm³/mol. The third kappa shape index (κ3) is 3.09. The number of aromatic nitrogens is 1. The number of amides is 1. The molecular weight excluding hydrogens is 308 g/mol. The van der Waals surface area contributed by atoms with Gasteiger partial charge in [0.25, 0.3) is 5.91 Å². The van der Waals surface area contributed by atoms with Crippen LogP contribution < -0.4 is 11.1 Å². The van der Waals surface area contributed by atoms with Gasteiger partial charge in [0.1, 0.15) is 11.8 Å². The summed E-state index contributed by atoms with van der Waals surface area (Å²) >= 11 is 3.27. The van der Waals surface area contributed by atoms with Gasteiger partial charge in [-0.3, -0.25) is 9.78 Å². The van der Waals surface area contributed by atoms with Crippen molar-refractivity contribution >= 4 is 33.2 Å². The SMILES string of the molecule is N#Cc1cc(Br)ccc1NC(=O)c1cc(N)ccn1. The van der Waals surface area contributed by atoms with E-state index in [9.17, 15) is 4.79 Å². The zero-order valence-corrected chi connectivity index (χ0v) is 11.3. The van der Waals surface area contributed by atoms with E-state index in [1.54, 1.807) is 24.3 Å². The van der Waals surface area contributed by atoms with Crippen LogP contribution in [0.2, 0.25) is 0 Å². The summed E-state index contributed by atoms with van der Waals surface area (Å²) < 4.78 is 0.768. The lowest BCUT2D eigenvalue weighted by molar-refractivity contribution is 0.102. The van der Waals surface area contributed by atoms with Gasteiger partial charge in [-0.05, 0) is 30.3 Å². The van der Waals surface area contributed by atoms with Crippen molar-refractivity contribution in [3.63, 3.8) is 0 Å². The molecule has 0 radical (unpaired) electrons. The number of rotatable bonds is 2. The summed E-state index contributed by atoms with van der Waals surface area (Å²) in [6.45, 7) is 0. The Hall–Kier alpha value is -2.39. The van der Waals surface area contributed by atoms with Gasteiger partial charge in [0.2, 0.25) is 0 Å². The second kappa shape index (κ2) is 5.50. The minimum Gasteiger partial charge on any atom is -0.399 e. The highest BCUT2D eigenvalue weighted by atomic mass is 79.9. The highest BCUT2D eigenvalue weighted by Gasteiger charge is 2.10. The van der Waals surface area contributed by atoms with Crippen LogP contribution >= 0.6 is 15.9 Å². The quantitative estimate of drug-likeness (QED) is 0.890. The zero-order valence-electron chi connectivity index (χ0n) is 9.72. The first kappa shape index (κ1) is 13.1. The number of hydrogen-bond acceptors (Lipinski definition) is 4. The Balaban J connectivity index is 2.27. The number of benzene rings is 1. The Morgan fingerprint density at radius 2 is 2.16 bits per heavy atom. The minimum absolute atomic E-state index is 0.201. The van der Waals surface area contributed by atoms with E-state index in [2.05, 4.69) is 26.2 Å². The van der Waals surface area contributed by atoms with E-state index in [-0.39, 0.29) is 5.69 Å². The minimum atomic E-state index is -0.411. The van der Waals surface area contributed by atoms with Gasteiger partial charge < -0.3 is 11.1 Å². The van der Waals surface area contributed by atoms with Crippen molar-refractivity contribution < 1.29 is 4.79 Å². The third-order valence-corrected chi connectivity index (χ3v) is 2.86. The average molecular weight is 317 g/mol. The maximum Gasteiger partial charge on any atom is 0.274 e. The molecule has 19 heavy (non-hydrogen) atoms. The molecule has 0 saturated carbocycles. The molecule has 1 aromatic carbocycles. The van der Waals surface area contributed by atoms with Crippen LogP contribution in [0.1, 0.15) is 16.1 Å². The summed E-state index contributed by atoms with van der Waals surface area (Å²) in [5.74, 6) is -0.411. The normalized spacial score (nSPS) is 9.68. The monoisotopic (exact) mass is 316 g/mol. The summed E-state index contributed by atoms with van der Waals surface area (Å²) in [5.41, 5.74) is 7.04. The highest BCUT2D eigenvalue weighted by Crippen LogP contribution is 2.20. The van der Waals surface area contributed by atoms with E-state index in [4.69, 9.17) is 11.0 Å². The molecule has 0 atom stereocenters. The van der Waals surface area contributed by atoms with Crippen molar-refractivity contribution in [2.45, 2.75) is 0 Å². The molecule has 5 nitrogen and oxygen atoms in total. The molecule has 0 saturated heterocycles. The van der Waals surface area contributed by atoms with Gasteiger partial charge in [-0.25, -0.2) is 0 Å². The molecule has 0 fully saturated rings. The van der Waals surface area contributed by atoms with Gasteiger partial charge in [-0.1, -0.05) is 15.9 Å². The van der Waals surface area contributed by atoms with Crippen molar-refractivity contribution in [1.82, 2.24) is 4.98 Å². The summed E-state index contributed by atoms with van der Waals surface area (Å²) in [5, 5.41) is 11.6. The lowest BCUT2D eigenvalue weighted by Gasteiger charge is -2.07. The van der Waals surface area contributed by atoms with Crippen LogP contribution in [0.3, 0.4) is 0 Å². The fraction of sp³-hybridized carbons (Fsp3) is 0. The molecule has 0 aliphatic carbocycles. The third-order valence-electron chi connectivity index (χ3n) is 2.37. The molecule has 0 unspecified atom stereocenters. The van der Waals surface area contributed by atoms with E-state index in [1.807, 2.05) is 6.07 Å². The van der Waals surface area contributed by atoms with Crippen LogP contribution in [-0.2, 0) is 0 Å². The van der Waals surface area contributed by atoms with E-state index in [1.165, 1.54) is 12.3 Å². The van der Waals surface area contributed by atoms with Crippen LogP contribution in [0.25, 0.3) is 0 Å². The summed E-state index contributed by atoms with van der Waals surface area (Å²) in [4.78, 5) is 15.9. The first-order valence-corrected chi connectivity index (χ1v) is 6.12. The van der Waals surface area contributed by atoms with Gasteiger partial charge in [0, 0.05) is 16.4 Å². The van der Waals surface area contributed by atoms with E-state index >= 15 is 0 Å². The second-order valence-corrected chi connectivity index (χ2v) is 4.65. The van der Waals surface area contributed by atoms with Crippen molar-refractivity contribution in [1.29, 1.82) is 5.26 Å². The number of carbonyl (C=O) groups excluding carboxylic acids is 1. The molecule has 1 heterocycles. The fourth-order valence-electron chi connectivity index (χ4n) is 1.48. The fourth-order valence-corrected chi connectivity index (χ4v) is 1.84. The van der Waals surface area contributed by atoms with E-state index < -0.39 is 5.91 Å². The molecule has 0 spiro atoms. The topological polar surface area (TPSA) is 91.8 Å². The van der Waals surface area contributed by atoms with E-state index in [0.29, 0.717) is 16.9 Å². The van der Waals surface area contributed by atoms with Crippen molar-refractivity contribution in [3.05, 3.63) is 52.3 Å². The second-order valence-electron chi connectivity index (χ2n) is 3.73. The van der Waals surface area contributed by atoms with E-state index in [0.717, 1.165) is 4.47 Å². The molecule has 2 rings (SSSR count). The number of anilines is 2. The van der Waals surface area contributed by atoms with Crippen molar-refractivity contribution in [3.8, 4) is 6.07 Å². The van der Waals surface area contributed by atoms with Crippen LogP contribution in [0.4, 0.5) is 11.4 Å². The smallest absolute Gasteiger partial charge is 0.274 e. The molecular formula is C13H9BrN4O. The molecule has 0 aliphatic heterocycles. The number of hydrogen-bond donors (Lipinski definition) is 2. The number of nitrogens with two attached hydrogens (primary N) is 1. The number of pyridine rings is 1. The Morgan fingerprint density at radius 1 is 1.37 bits per heavy atom. The van der Waals surface area contributed by atoms with Gasteiger partial charge in [-0.15, -0.1) is 0 Å². The predicted octanol–water partition coefficient (Wildman–Crippen LogP) is 2.55. The molecule has 1 aromatic heterocycles. The molecule has 0 aliphatic rings. The van der Waals surface area contributed by atoms with Gasteiger partial charge in [0.15, 0.2) is 0 Å². The van der Waals surface area contributed by atoms with Gasteiger partial charge in [-0.2, -0.15) is 5.26 Å². The number of carbonyl (C=O) groups is 1. The van der Waals surface area contributed by atoms with Crippen molar-refractivity contribution in [2.75, 3.05) is 11.1 Å². The maximum atomic E-state index is 12.0. The lowest BCUT2D eigenvalue weighted by Crippen LogP contribution is -2.14. The van der Waals surface area contributed by atoms with Crippen LogP contribution in [-0.4, -0.2) is 10.9 Å². The number of nitrogens with zero attached hydrogens (tertiary/aromatic N) is 2. The van der Waals surface area contributed by atoms with Crippen LogP contribution in [0.5, 0.6) is 0 Å². The largest absolute Gasteiger partial charge is 0.399 e. The number of halogens is 1. The standard InChI is InChI=1S/C13H9BrN4O/c14-9-1-2-11(8(5-9)7-15)18-13(19)12-6-10(16)3-4-17-12/h1-6H,(H2,16,17)(H,18,19). The lowest BCUT2D eigenvalue weighted by atomic mass is 10.2. The Morgan fingerprint density at radius 3 is 2.84 bits per heavy atom. The van der Waals surface area contributed by atoms with Crippen LogP contribution in [0, 0.1) is 11.3 Å². The summed E-state index contributed by atoms with van der Waals surface area (Å²) in [6.07, 6.45) is 1.46. The first-order valence-electron chi connectivity index (χ1n) is 5.32. The summed E-state index contributed by atoms with van der Waals surface area (Å²) in [6, 6.07) is 10.1. The van der Waals surface area contributed by atoms with Crippen molar-refractivity contribution in [2.24, 2.45) is 0 Å². The number of nitriles is 1. The highest BCUT2D eigenvalue weighted by molar-refractivity contribution is 9.10. The molecule has 1 amide bonds. The van der Waals surface area contributed by atoms with Gasteiger partial charge in [0.05, 0.1) is 11.3 Å². The van der Waals surface area contributed by atoms with Crippen LogP contribution in [0.15, 0.2) is 41.0 Å².